The predicted octanol–water partition coefficient (Wildman–Crippen LogP) is 2.55. The first-order chi connectivity index (χ1) is 9.56. The van der Waals surface area contributed by atoms with Crippen molar-refractivity contribution in [3.05, 3.63) is 65.2 Å². The van der Waals surface area contributed by atoms with Crippen LogP contribution in [0.15, 0.2) is 42.7 Å². The lowest BCUT2D eigenvalue weighted by Gasteiger charge is -2.17. The number of halogens is 1. The molecule has 0 atom stereocenters. The summed E-state index contributed by atoms with van der Waals surface area (Å²) in [5.41, 5.74) is 1.47. The van der Waals surface area contributed by atoms with Crippen molar-refractivity contribution in [2.45, 2.75) is 13.1 Å². The number of hydrogen-bond acceptors (Lipinski definition) is 3. The molecule has 5 heteroatoms. The number of hydrogen-bond donors (Lipinski definition) is 1. The SMILES string of the molecule is CN(Cc1cccnc1)Cc1ccc(C(=O)O)cc1F. The van der Waals surface area contributed by atoms with Gasteiger partial charge >= 0.3 is 5.97 Å². The zero-order valence-corrected chi connectivity index (χ0v) is 11.1. The van der Waals surface area contributed by atoms with E-state index in [1.807, 2.05) is 24.1 Å². The van der Waals surface area contributed by atoms with Gasteiger partial charge in [0.15, 0.2) is 0 Å². The van der Waals surface area contributed by atoms with Crippen molar-refractivity contribution in [1.29, 1.82) is 0 Å². The quantitative estimate of drug-likeness (QED) is 0.910. The standard InChI is InChI=1S/C15H15FN2O2/c1-18(9-11-3-2-6-17-8-11)10-13-5-4-12(15(19)20)7-14(13)16/h2-8H,9-10H2,1H3,(H,19,20). The van der Waals surface area contributed by atoms with Crippen molar-refractivity contribution >= 4 is 5.97 Å². The van der Waals surface area contributed by atoms with E-state index in [1.165, 1.54) is 12.1 Å². The summed E-state index contributed by atoms with van der Waals surface area (Å²) in [6.45, 7) is 1.05. The van der Waals surface area contributed by atoms with Crippen LogP contribution in [-0.2, 0) is 13.1 Å². The van der Waals surface area contributed by atoms with Crippen molar-refractivity contribution in [2.75, 3.05) is 7.05 Å². The van der Waals surface area contributed by atoms with Crippen LogP contribution in [0.3, 0.4) is 0 Å². The van der Waals surface area contributed by atoms with E-state index >= 15 is 0 Å². The fraction of sp³-hybridized carbons (Fsp3) is 0.200. The monoisotopic (exact) mass is 274 g/mol. The lowest BCUT2D eigenvalue weighted by atomic mass is 10.1. The van der Waals surface area contributed by atoms with Crippen LogP contribution in [0.1, 0.15) is 21.5 Å². The molecule has 0 aliphatic carbocycles. The third kappa shape index (κ3) is 3.61. The van der Waals surface area contributed by atoms with Crippen LogP contribution < -0.4 is 0 Å². The van der Waals surface area contributed by atoms with Crippen molar-refractivity contribution in [2.24, 2.45) is 0 Å². The third-order valence-electron chi connectivity index (χ3n) is 2.92. The lowest BCUT2D eigenvalue weighted by molar-refractivity contribution is 0.0696. The van der Waals surface area contributed by atoms with Crippen molar-refractivity contribution in [3.8, 4) is 0 Å². The summed E-state index contributed by atoms with van der Waals surface area (Å²) >= 11 is 0. The first kappa shape index (κ1) is 14.1. The molecule has 0 saturated heterocycles. The molecule has 0 bridgehead atoms. The highest BCUT2D eigenvalue weighted by atomic mass is 19.1. The van der Waals surface area contributed by atoms with Gasteiger partial charge in [-0.1, -0.05) is 12.1 Å². The summed E-state index contributed by atoms with van der Waals surface area (Å²) in [4.78, 5) is 16.7. The molecule has 1 aromatic heterocycles. The van der Waals surface area contributed by atoms with Gasteiger partial charge in [0.2, 0.25) is 0 Å². The number of rotatable bonds is 5. The van der Waals surface area contributed by atoms with Crippen LogP contribution in [0.5, 0.6) is 0 Å². The average Bonchev–Trinajstić information content (AvgIpc) is 2.42. The van der Waals surface area contributed by atoms with E-state index in [2.05, 4.69) is 4.98 Å². The molecule has 0 aliphatic heterocycles. The maximum Gasteiger partial charge on any atom is 0.335 e. The Morgan fingerprint density at radius 1 is 1.35 bits per heavy atom. The lowest BCUT2D eigenvalue weighted by Crippen LogP contribution is -2.18. The first-order valence-corrected chi connectivity index (χ1v) is 6.15. The van der Waals surface area contributed by atoms with Gasteiger partial charge < -0.3 is 5.11 Å². The summed E-state index contributed by atoms with van der Waals surface area (Å²) in [7, 11) is 1.87. The van der Waals surface area contributed by atoms with E-state index in [1.54, 1.807) is 12.4 Å². The highest BCUT2D eigenvalue weighted by molar-refractivity contribution is 5.87. The van der Waals surface area contributed by atoms with Gasteiger partial charge in [-0.2, -0.15) is 0 Å². The molecule has 0 radical (unpaired) electrons. The smallest absolute Gasteiger partial charge is 0.335 e. The van der Waals surface area contributed by atoms with Crippen molar-refractivity contribution in [1.82, 2.24) is 9.88 Å². The number of pyridine rings is 1. The van der Waals surface area contributed by atoms with Crippen LogP contribution in [0.25, 0.3) is 0 Å². The average molecular weight is 274 g/mol. The second-order valence-corrected chi connectivity index (χ2v) is 4.64. The minimum absolute atomic E-state index is 0.0406. The minimum Gasteiger partial charge on any atom is -0.478 e. The zero-order chi connectivity index (χ0) is 14.5. The van der Waals surface area contributed by atoms with Crippen molar-refractivity contribution in [3.63, 3.8) is 0 Å². The third-order valence-corrected chi connectivity index (χ3v) is 2.92. The molecule has 1 aromatic carbocycles. The van der Waals surface area contributed by atoms with Gasteiger partial charge in [0, 0.05) is 31.0 Å². The maximum absolute atomic E-state index is 13.8. The summed E-state index contributed by atoms with van der Waals surface area (Å²) in [6, 6.07) is 7.78. The molecule has 20 heavy (non-hydrogen) atoms. The highest BCUT2D eigenvalue weighted by Gasteiger charge is 2.10. The summed E-state index contributed by atoms with van der Waals surface area (Å²) in [5.74, 6) is -1.62. The molecule has 0 saturated carbocycles. The Labute approximate surface area is 116 Å². The minimum atomic E-state index is -1.13. The molecule has 0 unspecified atom stereocenters. The molecule has 0 spiro atoms. The molecule has 1 heterocycles. The van der Waals surface area contributed by atoms with Gasteiger partial charge in [-0.3, -0.25) is 9.88 Å². The molecule has 104 valence electrons. The van der Waals surface area contributed by atoms with Gasteiger partial charge in [-0.15, -0.1) is 0 Å². The Bertz CT molecular complexity index is 602. The second kappa shape index (κ2) is 6.25. The highest BCUT2D eigenvalue weighted by Crippen LogP contribution is 2.13. The number of carbonyl (C=O) groups is 1. The molecular formula is C15H15FN2O2. The van der Waals surface area contributed by atoms with E-state index in [-0.39, 0.29) is 5.56 Å². The van der Waals surface area contributed by atoms with Gasteiger partial charge in [-0.05, 0) is 30.8 Å². The fourth-order valence-electron chi connectivity index (χ4n) is 1.96. The molecule has 2 rings (SSSR count). The van der Waals surface area contributed by atoms with E-state index in [4.69, 9.17) is 5.11 Å². The number of aromatic nitrogens is 1. The summed E-state index contributed by atoms with van der Waals surface area (Å²) < 4.78 is 13.8. The summed E-state index contributed by atoms with van der Waals surface area (Å²) in [5, 5.41) is 8.79. The fourth-order valence-corrected chi connectivity index (χ4v) is 1.96. The van der Waals surface area contributed by atoms with Crippen LogP contribution in [0.4, 0.5) is 4.39 Å². The maximum atomic E-state index is 13.8. The molecular weight excluding hydrogens is 259 g/mol. The molecule has 2 aromatic rings. The van der Waals surface area contributed by atoms with Crippen LogP contribution in [0.2, 0.25) is 0 Å². The van der Waals surface area contributed by atoms with Gasteiger partial charge in [0.05, 0.1) is 5.56 Å². The zero-order valence-electron chi connectivity index (χ0n) is 11.1. The molecule has 1 N–H and O–H groups in total. The van der Waals surface area contributed by atoms with Gasteiger partial charge in [-0.25, -0.2) is 9.18 Å². The first-order valence-electron chi connectivity index (χ1n) is 6.15. The number of nitrogens with zero attached hydrogens (tertiary/aromatic N) is 2. The van der Waals surface area contributed by atoms with Crippen LogP contribution in [-0.4, -0.2) is 28.0 Å². The summed E-state index contributed by atoms with van der Waals surface area (Å²) in [6.07, 6.45) is 3.47. The normalized spacial score (nSPS) is 10.8. The molecule has 0 aliphatic rings. The van der Waals surface area contributed by atoms with Gasteiger partial charge in [0.1, 0.15) is 5.82 Å². The Morgan fingerprint density at radius 3 is 2.75 bits per heavy atom. The number of carboxylic acid groups (broad SMARTS) is 1. The van der Waals surface area contributed by atoms with Crippen LogP contribution >= 0.6 is 0 Å². The van der Waals surface area contributed by atoms with Gasteiger partial charge in [0.25, 0.3) is 0 Å². The Kier molecular flexibility index (Phi) is 4.42. The Hall–Kier alpha value is -2.27. The second-order valence-electron chi connectivity index (χ2n) is 4.64. The number of aromatic carboxylic acids is 1. The van der Waals surface area contributed by atoms with E-state index in [9.17, 15) is 9.18 Å². The molecule has 0 fully saturated rings. The van der Waals surface area contributed by atoms with Crippen molar-refractivity contribution < 1.29 is 14.3 Å². The largest absolute Gasteiger partial charge is 0.478 e. The molecule has 4 nitrogen and oxygen atoms in total. The van der Waals surface area contributed by atoms with E-state index < -0.39 is 11.8 Å². The molecule has 0 amide bonds. The van der Waals surface area contributed by atoms with Crippen LogP contribution in [0, 0.1) is 5.82 Å². The number of carboxylic acids is 1. The predicted molar refractivity (Wildman–Crippen MR) is 72.8 cm³/mol. The van der Waals surface area contributed by atoms with E-state index in [0.29, 0.717) is 18.7 Å². The number of benzene rings is 1. The Balaban J connectivity index is 2.04. The Morgan fingerprint density at radius 2 is 2.15 bits per heavy atom. The topological polar surface area (TPSA) is 53.4 Å². The van der Waals surface area contributed by atoms with E-state index in [0.717, 1.165) is 11.6 Å².